The van der Waals surface area contributed by atoms with Gasteiger partial charge >= 0.3 is 0 Å². The Morgan fingerprint density at radius 3 is 2.39 bits per heavy atom. The highest BCUT2D eigenvalue weighted by Gasteiger charge is 2.27. The second kappa shape index (κ2) is 8.66. The van der Waals surface area contributed by atoms with E-state index >= 15 is 0 Å². The minimum absolute atomic E-state index is 0.00674. The molecule has 0 spiro atoms. The van der Waals surface area contributed by atoms with Crippen LogP contribution in [0.4, 0.5) is 11.4 Å². The zero-order valence-corrected chi connectivity index (χ0v) is 18.2. The number of hydrogen-bond donors (Lipinski definition) is 2. The lowest BCUT2D eigenvalue weighted by molar-refractivity contribution is -0.125. The SMILES string of the molecule is O=C(Nc1ccc(S(=O)(=O)Nc2cccc(Cl)c2Cl)cc1)C1COc2ccccc2O1. The number of carbonyl (C=O) groups is 1. The number of hydrogen-bond acceptors (Lipinski definition) is 5. The van der Waals surface area contributed by atoms with Gasteiger partial charge in [-0.3, -0.25) is 9.52 Å². The maximum Gasteiger partial charge on any atom is 0.269 e. The summed E-state index contributed by atoms with van der Waals surface area (Å²) in [6.45, 7) is 0.0691. The lowest BCUT2D eigenvalue weighted by Crippen LogP contribution is -2.40. The molecule has 7 nitrogen and oxygen atoms in total. The van der Waals surface area contributed by atoms with Crippen molar-refractivity contribution in [1.29, 1.82) is 0 Å². The molecule has 1 aliphatic heterocycles. The van der Waals surface area contributed by atoms with Crippen LogP contribution in [0.2, 0.25) is 10.0 Å². The van der Waals surface area contributed by atoms with E-state index in [4.69, 9.17) is 32.7 Å². The third-order valence-corrected chi connectivity index (χ3v) is 6.63. The standard InChI is InChI=1S/C21H16Cl2N2O5S/c22-15-4-3-5-16(20(15)23)25-31(27,28)14-10-8-13(9-11-14)24-21(26)19-12-29-17-6-1-2-7-18(17)30-19/h1-11,19,25H,12H2,(H,24,26). The third-order valence-electron chi connectivity index (χ3n) is 4.43. The predicted octanol–water partition coefficient (Wildman–Crippen LogP) is 4.57. The molecule has 0 radical (unpaired) electrons. The van der Waals surface area contributed by atoms with Gasteiger partial charge in [0, 0.05) is 5.69 Å². The molecule has 160 valence electrons. The van der Waals surface area contributed by atoms with Gasteiger partial charge < -0.3 is 14.8 Å². The first-order valence-electron chi connectivity index (χ1n) is 9.10. The molecule has 1 amide bonds. The van der Waals surface area contributed by atoms with E-state index in [1.807, 2.05) is 6.07 Å². The molecule has 0 saturated heterocycles. The Morgan fingerprint density at radius 2 is 1.65 bits per heavy atom. The van der Waals surface area contributed by atoms with Crippen LogP contribution in [0.5, 0.6) is 11.5 Å². The molecule has 1 aliphatic rings. The van der Waals surface area contributed by atoms with Crippen molar-refractivity contribution >= 4 is 50.5 Å². The molecule has 0 bridgehead atoms. The Kier molecular flexibility index (Phi) is 5.95. The van der Waals surface area contributed by atoms with Gasteiger partial charge in [0.2, 0.25) is 6.10 Å². The van der Waals surface area contributed by atoms with Crippen molar-refractivity contribution in [2.75, 3.05) is 16.6 Å². The van der Waals surface area contributed by atoms with Crippen LogP contribution in [0.3, 0.4) is 0 Å². The Bertz CT molecular complexity index is 1230. The van der Waals surface area contributed by atoms with Gasteiger partial charge in [0.25, 0.3) is 15.9 Å². The molecule has 2 N–H and O–H groups in total. The minimum Gasteiger partial charge on any atom is -0.485 e. The van der Waals surface area contributed by atoms with E-state index in [1.165, 1.54) is 30.3 Å². The Labute approximate surface area is 188 Å². The van der Waals surface area contributed by atoms with Crippen molar-refractivity contribution in [2.24, 2.45) is 0 Å². The smallest absolute Gasteiger partial charge is 0.269 e. The highest BCUT2D eigenvalue weighted by atomic mass is 35.5. The molecule has 1 atom stereocenters. The number of benzene rings is 3. The number of rotatable bonds is 5. The molecule has 31 heavy (non-hydrogen) atoms. The monoisotopic (exact) mass is 478 g/mol. The van der Waals surface area contributed by atoms with Gasteiger partial charge in [0.1, 0.15) is 6.61 Å². The van der Waals surface area contributed by atoms with Gasteiger partial charge in [-0.15, -0.1) is 0 Å². The summed E-state index contributed by atoms with van der Waals surface area (Å²) in [5.74, 6) is 0.656. The van der Waals surface area contributed by atoms with E-state index in [1.54, 1.807) is 30.3 Å². The van der Waals surface area contributed by atoms with Gasteiger partial charge in [0.15, 0.2) is 11.5 Å². The van der Waals surface area contributed by atoms with Crippen LogP contribution in [0.1, 0.15) is 0 Å². The number of nitrogens with one attached hydrogen (secondary N) is 2. The van der Waals surface area contributed by atoms with E-state index < -0.39 is 22.0 Å². The van der Waals surface area contributed by atoms with E-state index in [0.29, 0.717) is 17.2 Å². The minimum atomic E-state index is -3.90. The molecule has 10 heteroatoms. The molecule has 0 aromatic heterocycles. The molecule has 3 aromatic rings. The molecule has 0 fully saturated rings. The van der Waals surface area contributed by atoms with E-state index in [9.17, 15) is 13.2 Å². The third kappa shape index (κ3) is 4.71. The van der Waals surface area contributed by atoms with Crippen LogP contribution in [-0.2, 0) is 14.8 Å². The fourth-order valence-corrected chi connectivity index (χ4v) is 4.35. The highest BCUT2D eigenvalue weighted by Crippen LogP contribution is 2.32. The molecule has 0 aliphatic carbocycles. The van der Waals surface area contributed by atoms with Gasteiger partial charge in [-0.2, -0.15) is 0 Å². The summed E-state index contributed by atoms with van der Waals surface area (Å²) in [6, 6.07) is 17.4. The van der Waals surface area contributed by atoms with Gasteiger partial charge in [-0.05, 0) is 48.5 Å². The molecule has 4 rings (SSSR count). The molecular weight excluding hydrogens is 463 g/mol. The number of anilines is 2. The van der Waals surface area contributed by atoms with Crippen LogP contribution >= 0.6 is 23.2 Å². The quantitative estimate of drug-likeness (QED) is 0.559. The largest absolute Gasteiger partial charge is 0.485 e. The average molecular weight is 479 g/mol. The Hall–Kier alpha value is -2.94. The average Bonchev–Trinajstić information content (AvgIpc) is 2.77. The summed E-state index contributed by atoms with van der Waals surface area (Å²) in [6.07, 6.45) is -0.829. The molecular formula is C21H16Cl2N2O5S. The van der Waals surface area contributed by atoms with Crippen molar-refractivity contribution < 1.29 is 22.7 Å². The number of fused-ring (bicyclic) bond motifs is 1. The molecule has 1 heterocycles. The van der Waals surface area contributed by atoms with Crippen LogP contribution < -0.4 is 19.5 Å². The van der Waals surface area contributed by atoms with Crippen molar-refractivity contribution in [2.45, 2.75) is 11.0 Å². The second-order valence-electron chi connectivity index (χ2n) is 6.58. The lowest BCUT2D eigenvalue weighted by Gasteiger charge is -2.25. The fraction of sp³-hybridized carbons (Fsp3) is 0.0952. The van der Waals surface area contributed by atoms with Gasteiger partial charge in [-0.25, -0.2) is 8.42 Å². The number of para-hydroxylation sites is 2. The van der Waals surface area contributed by atoms with Crippen molar-refractivity contribution in [3.8, 4) is 11.5 Å². The predicted molar refractivity (Wildman–Crippen MR) is 119 cm³/mol. The number of amides is 1. The number of sulfonamides is 1. The first kappa shape index (κ1) is 21.3. The van der Waals surface area contributed by atoms with Gasteiger partial charge in [-0.1, -0.05) is 41.4 Å². The van der Waals surface area contributed by atoms with Crippen LogP contribution in [0.15, 0.2) is 71.6 Å². The number of carbonyl (C=O) groups excluding carboxylic acids is 1. The first-order valence-corrected chi connectivity index (χ1v) is 11.3. The maximum absolute atomic E-state index is 12.6. The van der Waals surface area contributed by atoms with Gasteiger partial charge in [0.05, 0.1) is 20.6 Å². The Balaban J connectivity index is 1.43. The van der Waals surface area contributed by atoms with Crippen LogP contribution in [-0.4, -0.2) is 27.0 Å². The number of halogens is 2. The Morgan fingerprint density at radius 1 is 0.935 bits per heavy atom. The van der Waals surface area contributed by atoms with Crippen molar-refractivity contribution in [1.82, 2.24) is 0 Å². The molecule has 3 aromatic carbocycles. The van der Waals surface area contributed by atoms with Crippen LogP contribution in [0, 0.1) is 0 Å². The fourth-order valence-electron chi connectivity index (χ4n) is 2.88. The molecule has 1 unspecified atom stereocenters. The summed E-state index contributed by atoms with van der Waals surface area (Å²) in [4.78, 5) is 12.5. The second-order valence-corrected chi connectivity index (χ2v) is 9.05. The number of ether oxygens (including phenoxy) is 2. The topological polar surface area (TPSA) is 93.7 Å². The zero-order valence-electron chi connectivity index (χ0n) is 15.8. The summed E-state index contributed by atoms with van der Waals surface area (Å²) in [7, 11) is -3.90. The van der Waals surface area contributed by atoms with Crippen molar-refractivity contribution in [3.05, 3.63) is 76.8 Å². The highest BCUT2D eigenvalue weighted by molar-refractivity contribution is 7.92. The molecule has 0 saturated carbocycles. The lowest BCUT2D eigenvalue weighted by atomic mass is 10.2. The summed E-state index contributed by atoms with van der Waals surface area (Å²) in [5.41, 5.74) is 0.577. The maximum atomic E-state index is 12.6. The van der Waals surface area contributed by atoms with E-state index in [-0.39, 0.29) is 27.2 Å². The van der Waals surface area contributed by atoms with E-state index in [2.05, 4.69) is 10.0 Å². The zero-order chi connectivity index (χ0) is 22.0. The summed E-state index contributed by atoms with van der Waals surface area (Å²) < 4.78 is 38.9. The first-order chi connectivity index (χ1) is 14.8. The summed E-state index contributed by atoms with van der Waals surface area (Å²) in [5, 5.41) is 3.03. The van der Waals surface area contributed by atoms with Crippen molar-refractivity contribution in [3.63, 3.8) is 0 Å². The normalized spacial score (nSPS) is 15.2. The summed E-state index contributed by atoms with van der Waals surface area (Å²) >= 11 is 12.0. The van der Waals surface area contributed by atoms with Crippen LogP contribution in [0.25, 0.3) is 0 Å². The van der Waals surface area contributed by atoms with E-state index in [0.717, 1.165) is 0 Å².